The van der Waals surface area contributed by atoms with Crippen molar-refractivity contribution in [3.05, 3.63) is 0 Å². The molecule has 3 N–H and O–H groups in total. The number of hydrogen-bond acceptors (Lipinski definition) is 4. The highest BCUT2D eigenvalue weighted by Crippen LogP contribution is 2.35. The van der Waals surface area contributed by atoms with Crippen LogP contribution in [-0.4, -0.2) is 54.7 Å². The molecule has 0 saturated carbocycles. The van der Waals surface area contributed by atoms with E-state index in [1.807, 2.05) is 6.92 Å². The predicted octanol–water partition coefficient (Wildman–Crippen LogP) is 0.455. The summed E-state index contributed by atoms with van der Waals surface area (Å²) in [6, 6.07) is 0. The summed E-state index contributed by atoms with van der Waals surface area (Å²) in [5, 5.41) is 9.45. The molecule has 0 spiro atoms. The van der Waals surface area contributed by atoms with Gasteiger partial charge in [-0.1, -0.05) is 13.3 Å². The highest BCUT2D eigenvalue weighted by molar-refractivity contribution is 5.80. The summed E-state index contributed by atoms with van der Waals surface area (Å²) in [5.74, 6) is -0.940. The molecule has 1 saturated heterocycles. The zero-order valence-corrected chi connectivity index (χ0v) is 11.6. The van der Waals surface area contributed by atoms with Crippen molar-refractivity contribution < 1.29 is 19.4 Å². The summed E-state index contributed by atoms with van der Waals surface area (Å²) in [7, 11) is 0. The molecule has 1 fully saturated rings. The maximum absolute atomic E-state index is 12.0. The van der Waals surface area contributed by atoms with E-state index in [4.69, 9.17) is 10.5 Å². The lowest BCUT2D eigenvalue weighted by molar-refractivity contribution is -0.156. The number of amides is 1. The molecule has 1 rings (SSSR count). The summed E-state index contributed by atoms with van der Waals surface area (Å²) in [5.41, 5.74) is 4.51. The number of hydrogen-bond donors (Lipinski definition) is 2. The molecule has 1 aliphatic rings. The molecule has 0 aromatic heterocycles. The number of carbonyl (C=O) groups is 2. The first-order valence-electron chi connectivity index (χ1n) is 6.84. The largest absolute Gasteiger partial charge is 0.481 e. The molecule has 6 heteroatoms. The minimum absolute atomic E-state index is 0.0149. The Labute approximate surface area is 113 Å². The second-order valence-electron chi connectivity index (χ2n) is 5.10. The minimum Gasteiger partial charge on any atom is -0.481 e. The van der Waals surface area contributed by atoms with Crippen LogP contribution in [0, 0.1) is 5.41 Å². The normalized spacial score (nSPS) is 23.4. The van der Waals surface area contributed by atoms with Crippen molar-refractivity contribution in [2.75, 3.05) is 32.8 Å². The lowest BCUT2D eigenvalue weighted by Gasteiger charge is -2.39. The molecule has 110 valence electrons. The molecule has 6 nitrogen and oxygen atoms in total. The van der Waals surface area contributed by atoms with E-state index in [0.29, 0.717) is 39.1 Å². The van der Waals surface area contributed by atoms with Gasteiger partial charge in [0.25, 0.3) is 0 Å². The Hall–Kier alpha value is -1.14. The van der Waals surface area contributed by atoms with E-state index in [9.17, 15) is 14.7 Å². The monoisotopic (exact) mass is 272 g/mol. The van der Waals surface area contributed by atoms with Gasteiger partial charge in [0.2, 0.25) is 5.91 Å². The number of rotatable bonds is 7. The van der Waals surface area contributed by atoms with Crippen LogP contribution in [-0.2, 0) is 14.3 Å². The van der Waals surface area contributed by atoms with Crippen LogP contribution in [0.3, 0.4) is 0 Å². The summed E-state index contributed by atoms with van der Waals surface area (Å²) in [6.07, 6.45) is 2.78. The van der Waals surface area contributed by atoms with Crippen LogP contribution in [0.2, 0.25) is 0 Å². The van der Waals surface area contributed by atoms with Gasteiger partial charge in [0.15, 0.2) is 0 Å². The highest BCUT2D eigenvalue weighted by Gasteiger charge is 2.42. The Balaban J connectivity index is 2.61. The van der Waals surface area contributed by atoms with Gasteiger partial charge >= 0.3 is 5.97 Å². The molecule has 1 atom stereocenters. The summed E-state index contributed by atoms with van der Waals surface area (Å²) in [6.45, 7) is 3.58. The number of carboxylic acid groups (broad SMARTS) is 1. The van der Waals surface area contributed by atoms with Gasteiger partial charge in [-0.05, 0) is 19.3 Å². The van der Waals surface area contributed by atoms with Crippen molar-refractivity contribution >= 4 is 11.9 Å². The van der Waals surface area contributed by atoms with Crippen LogP contribution in [0.15, 0.2) is 0 Å². The van der Waals surface area contributed by atoms with E-state index >= 15 is 0 Å². The molecule has 0 aromatic carbocycles. The number of nitrogens with two attached hydrogens (primary N) is 1. The molecule has 0 radical (unpaired) electrons. The van der Waals surface area contributed by atoms with Crippen molar-refractivity contribution in [3.8, 4) is 0 Å². The molecule has 0 aliphatic carbocycles. The molecular formula is C13H24N2O4. The average Bonchev–Trinajstić information content (AvgIpc) is 2.39. The van der Waals surface area contributed by atoms with Crippen LogP contribution in [0.1, 0.15) is 32.6 Å². The highest BCUT2D eigenvalue weighted by atomic mass is 16.5. The molecule has 1 amide bonds. The Bertz CT molecular complexity index is 318. The van der Waals surface area contributed by atoms with E-state index in [1.165, 1.54) is 0 Å². The van der Waals surface area contributed by atoms with Crippen LogP contribution >= 0.6 is 0 Å². The SMILES string of the molecule is CCCC1(C(=O)O)CCCN(C(=O)COCCN)C1. The Morgan fingerprint density at radius 1 is 1.47 bits per heavy atom. The van der Waals surface area contributed by atoms with Gasteiger partial charge in [0.1, 0.15) is 6.61 Å². The van der Waals surface area contributed by atoms with Crippen molar-refractivity contribution in [2.45, 2.75) is 32.6 Å². The maximum atomic E-state index is 12.0. The van der Waals surface area contributed by atoms with E-state index in [0.717, 1.165) is 12.8 Å². The zero-order valence-electron chi connectivity index (χ0n) is 11.6. The second kappa shape index (κ2) is 7.45. The standard InChI is InChI=1S/C13H24N2O4/c1-2-4-13(12(17)18)5-3-7-15(10-13)11(16)9-19-8-6-14/h2-10,14H2,1H3,(H,17,18). The van der Waals surface area contributed by atoms with Crippen molar-refractivity contribution in [3.63, 3.8) is 0 Å². The third-order valence-electron chi connectivity index (χ3n) is 3.60. The van der Waals surface area contributed by atoms with E-state index < -0.39 is 11.4 Å². The third-order valence-corrected chi connectivity index (χ3v) is 3.60. The number of piperidine rings is 1. The lowest BCUT2D eigenvalue weighted by Crippen LogP contribution is -2.50. The number of likely N-dealkylation sites (tertiary alicyclic amines) is 1. The number of carboxylic acids is 1. The van der Waals surface area contributed by atoms with Gasteiger partial charge in [-0.2, -0.15) is 0 Å². The van der Waals surface area contributed by atoms with Gasteiger partial charge in [-0.3, -0.25) is 9.59 Å². The van der Waals surface area contributed by atoms with Crippen LogP contribution in [0.25, 0.3) is 0 Å². The Morgan fingerprint density at radius 2 is 2.21 bits per heavy atom. The van der Waals surface area contributed by atoms with Crippen molar-refractivity contribution in [1.82, 2.24) is 4.90 Å². The van der Waals surface area contributed by atoms with E-state index in [-0.39, 0.29) is 12.5 Å². The summed E-state index contributed by atoms with van der Waals surface area (Å²) < 4.78 is 5.12. The summed E-state index contributed by atoms with van der Waals surface area (Å²) >= 11 is 0. The average molecular weight is 272 g/mol. The molecule has 1 heterocycles. The van der Waals surface area contributed by atoms with Crippen LogP contribution in [0.5, 0.6) is 0 Å². The molecule has 1 unspecified atom stereocenters. The van der Waals surface area contributed by atoms with Crippen LogP contribution in [0.4, 0.5) is 0 Å². The Morgan fingerprint density at radius 3 is 2.79 bits per heavy atom. The molecule has 1 aliphatic heterocycles. The second-order valence-corrected chi connectivity index (χ2v) is 5.10. The topological polar surface area (TPSA) is 92.9 Å². The number of carbonyl (C=O) groups excluding carboxylic acids is 1. The fourth-order valence-electron chi connectivity index (χ4n) is 2.64. The molecular weight excluding hydrogens is 248 g/mol. The quantitative estimate of drug-likeness (QED) is 0.657. The zero-order chi connectivity index (χ0) is 14.3. The molecule has 0 aromatic rings. The van der Waals surface area contributed by atoms with Gasteiger partial charge in [-0.15, -0.1) is 0 Å². The van der Waals surface area contributed by atoms with Gasteiger partial charge < -0.3 is 20.5 Å². The Kier molecular flexibility index (Phi) is 6.24. The molecule has 19 heavy (non-hydrogen) atoms. The van der Waals surface area contributed by atoms with Crippen molar-refractivity contribution in [1.29, 1.82) is 0 Å². The van der Waals surface area contributed by atoms with Gasteiger partial charge in [0.05, 0.1) is 12.0 Å². The fraction of sp³-hybridized carbons (Fsp3) is 0.846. The molecule has 0 bridgehead atoms. The minimum atomic E-state index is -0.797. The maximum Gasteiger partial charge on any atom is 0.311 e. The summed E-state index contributed by atoms with van der Waals surface area (Å²) in [4.78, 5) is 25.1. The third kappa shape index (κ3) is 4.18. The van der Waals surface area contributed by atoms with E-state index in [1.54, 1.807) is 4.90 Å². The van der Waals surface area contributed by atoms with E-state index in [2.05, 4.69) is 0 Å². The first-order chi connectivity index (χ1) is 9.05. The first-order valence-corrected chi connectivity index (χ1v) is 6.84. The van der Waals surface area contributed by atoms with Crippen LogP contribution < -0.4 is 5.73 Å². The number of ether oxygens (including phenoxy) is 1. The number of aliphatic carboxylic acids is 1. The first kappa shape index (κ1) is 15.9. The fourth-order valence-corrected chi connectivity index (χ4v) is 2.64. The predicted molar refractivity (Wildman–Crippen MR) is 70.7 cm³/mol. The lowest BCUT2D eigenvalue weighted by atomic mass is 9.76. The smallest absolute Gasteiger partial charge is 0.311 e. The van der Waals surface area contributed by atoms with Crippen molar-refractivity contribution in [2.24, 2.45) is 11.1 Å². The van der Waals surface area contributed by atoms with Gasteiger partial charge in [0, 0.05) is 19.6 Å². The van der Waals surface area contributed by atoms with Gasteiger partial charge in [-0.25, -0.2) is 0 Å². The number of nitrogens with zero attached hydrogens (tertiary/aromatic N) is 1.